The van der Waals surface area contributed by atoms with Crippen LogP contribution >= 0.6 is 0 Å². The van der Waals surface area contributed by atoms with E-state index in [1.165, 1.54) is 0 Å². The number of carbonyl (C=O) groups excluding carboxylic acids is 1. The third kappa shape index (κ3) is 2.04. The fourth-order valence-electron chi connectivity index (χ4n) is 3.87. The van der Waals surface area contributed by atoms with E-state index in [1.807, 2.05) is 11.0 Å². The minimum Gasteiger partial charge on any atom is -0.478 e. The van der Waals surface area contributed by atoms with E-state index in [4.69, 9.17) is 5.11 Å². The Hall–Kier alpha value is -1.84. The molecule has 1 amide bonds. The molecule has 1 N–H and O–H groups in total. The molecule has 1 heterocycles. The Kier molecular flexibility index (Phi) is 3.13. The van der Waals surface area contributed by atoms with E-state index in [-0.39, 0.29) is 22.7 Å². The van der Waals surface area contributed by atoms with Crippen molar-refractivity contribution in [2.45, 2.75) is 40.7 Å². The molecule has 3 rings (SSSR count). The summed E-state index contributed by atoms with van der Waals surface area (Å²) in [5.41, 5.74) is 2.49. The molecule has 4 nitrogen and oxygen atoms in total. The van der Waals surface area contributed by atoms with Crippen molar-refractivity contribution in [1.82, 2.24) is 4.90 Å². The van der Waals surface area contributed by atoms with Crippen LogP contribution in [-0.4, -0.2) is 28.4 Å². The Morgan fingerprint density at radius 3 is 2.32 bits per heavy atom. The molecule has 1 fully saturated rings. The highest BCUT2D eigenvalue weighted by atomic mass is 16.4. The molecule has 118 valence electrons. The number of rotatable bonds is 2. The van der Waals surface area contributed by atoms with E-state index >= 15 is 0 Å². The Balaban J connectivity index is 1.81. The first-order valence-electron chi connectivity index (χ1n) is 7.80. The lowest BCUT2D eigenvalue weighted by atomic mass is 9.96. The smallest absolute Gasteiger partial charge is 0.335 e. The first kappa shape index (κ1) is 15.1. The van der Waals surface area contributed by atoms with E-state index in [9.17, 15) is 9.59 Å². The van der Waals surface area contributed by atoms with Gasteiger partial charge >= 0.3 is 5.97 Å². The van der Waals surface area contributed by atoms with E-state index in [2.05, 4.69) is 27.7 Å². The maximum Gasteiger partial charge on any atom is 0.335 e. The van der Waals surface area contributed by atoms with Gasteiger partial charge in [0.15, 0.2) is 0 Å². The van der Waals surface area contributed by atoms with E-state index < -0.39 is 5.97 Å². The summed E-state index contributed by atoms with van der Waals surface area (Å²) in [6.45, 7) is 9.84. The fraction of sp³-hybridized carbons (Fsp3) is 0.556. The largest absolute Gasteiger partial charge is 0.478 e. The summed E-state index contributed by atoms with van der Waals surface area (Å²) >= 11 is 0. The lowest BCUT2D eigenvalue weighted by molar-refractivity contribution is -0.134. The SMILES string of the molecule is CC1(C)C(C(=O)N2CCc3ccc(C(=O)O)cc3C2)C1(C)C. The number of carboxylic acid groups (broad SMARTS) is 1. The fourth-order valence-corrected chi connectivity index (χ4v) is 3.87. The van der Waals surface area contributed by atoms with Gasteiger partial charge in [-0.2, -0.15) is 0 Å². The molecule has 0 spiro atoms. The van der Waals surface area contributed by atoms with E-state index in [0.717, 1.165) is 24.1 Å². The van der Waals surface area contributed by atoms with E-state index in [0.29, 0.717) is 12.1 Å². The number of carboxylic acids is 1. The summed E-state index contributed by atoms with van der Waals surface area (Å²) in [5, 5.41) is 9.12. The van der Waals surface area contributed by atoms with Crippen molar-refractivity contribution in [3.05, 3.63) is 34.9 Å². The zero-order valence-electron chi connectivity index (χ0n) is 13.6. The number of hydrogen-bond acceptors (Lipinski definition) is 2. The second-order valence-electron chi connectivity index (χ2n) is 7.67. The maximum absolute atomic E-state index is 12.8. The van der Waals surface area contributed by atoms with Gasteiger partial charge in [-0.3, -0.25) is 4.79 Å². The van der Waals surface area contributed by atoms with Crippen LogP contribution < -0.4 is 0 Å². The van der Waals surface area contributed by atoms with Gasteiger partial charge in [0.05, 0.1) is 5.56 Å². The third-order valence-electron chi connectivity index (χ3n) is 6.04. The van der Waals surface area contributed by atoms with Gasteiger partial charge in [-0.25, -0.2) is 4.79 Å². The molecule has 22 heavy (non-hydrogen) atoms. The number of benzene rings is 1. The highest BCUT2D eigenvalue weighted by Gasteiger charge is 2.68. The van der Waals surface area contributed by atoms with Crippen LogP contribution in [0.25, 0.3) is 0 Å². The van der Waals surface area contributed by atoms with Crippen molar-refractivity contribution in [1.29, 1.82) is 0 Å². The van der Waals surface area contributed by atoms with Crippen LogP contribution in [0.5, 0.6) is 0 Å². The van der Waals surface area contributed by atoms with Crippen LogP contribution in [0.3, 0.4) is 0 Å². The molecule has 0 radical (unpaired) electrons. The minimum absolute atomic E-state index is 0.0350. The maximum atomic E-state index is 12.8. The summed E-state index contributed by atoms with van der Waals surface area (Å²) in [7, 11) is 0. The van der Waals surface area contributed by atoms with Crippen molar-refractivity contribution in [2.75, 3.05) is 6.54 Å². The summed E-state index contributed by atoms with van der Waals surface area (Å²) in [4.78, 5) is 25.8. The molecule has 1 aliphatic carbocycles. The van der Waals surface area contributed by atoms with Crippen molar-refractivity contribution >= 4 is 11.9 Å². The molecule has 0 atom stereocenters. The summed E-state index contributed by atoms with van der Waals surface area (Å²) in [6, 6.07) is 5.23. The molecule has 4 heteroatoms. The summed E-state index contributed by atoms with van der Waals surface area (Å²) in [5.74, 6) is -0.652. The normalized spacial score (nSPS) is 22.1. The van der Waals surface area contributed by atoms with Gasteiger partial charge in [-0.15, -0.1) is 0 Å². The molecule has 1 aromatic carbocycles. The van der Waals surface area contributed by atoms with Gasteiger partial charge in [-0.1, -0.05) is 33.8 Å². The zero-order chi connectivity index (χ0) is 16.3. The van der Waals surface area contributed by atoms with Gasteiger partial charge in [0.25, 0.3) is 0 Å². The average molecular weight is 301 g/mol. The number of aromatic carboxylic acids is 1. The molecule has 1 aromatic rings. The molecule has 2 aliphatic rings. The first-order chi connectivity index (χ1) is 10.2. The van der Waals surface area contributed by atoms with Crippen LogP contribution in [0, 0.1) is 16.7 Å². The van der Waals surface area contributed by atoms with Crippen molar-refractivity contribution in [3.8, 4) is 0 Å². The van der Waals surface area contributed by atoms with Gasteiger partial charge in [0, 0.05) is 19.0 Å². The van der Waals surface area contributed by atoms with Crippen molar-refractivity contribution < 1.29 is 14.7 Å². The molecular formula is C18H23NO3. The second kappa shape index (κ2) is 4.58. The first-order valence-corrected chi connectivity index (χ1v) is 7.80. The third-order valence-corrected chi connectivity index (χ3v) is 6.04. The number of carbonyl (C=O) groups is 2. The Bertz CT molecular complexity index is 646. The second-order valence-corrected chi connectivity index (χ2v) is 7.67. The Morgan fingerprint density at radius 1 is 1.14 bits per heavy atom. The van der Waals surface area contributed by atoms with Crippen molar-refractivity contribution in [2.24, 2.45) is 16.7 Å². The minimum atomic E-state index is -0.921. The number of fused-ring (bicyclic) bond motifs is 1. The number of hydrogen-bond donors (Lipinski definition) is 1. The highest BCUT2D eigenvalue weighted by Crippen LogP contribution is 2.68. The lowest BCUT2D eigenvalue weighted by Gasteiger charge is -2.30. The molecular weight excluding hydrogens is 278 g/mol. The van der Waals surface area contributed by atoms with Gasteiger partial charge in [0.2, 0.25) is 5.91 Å². The molecule has 0 saturated heterocycles. The van der Waals surface area contributed by atoms with Crippen molar-refractivity contribution in [3.63, 3.8) is 0 Å². The topological polar surface area (TPSA) is 57.6 Å². The molecule has 0 bridgehead atoms. The quantitative estimate of drug-likeness (QED) is 0.913. The average Bonchev–Trinajstić information content (AvgIpc) is 2.86. The number of amides is 1. The summed E-state index contributed by atoms with van der Waals surface area (Å²) in [6.07, 6.45) is 0.800. The highest BCUT2D eigenvalue weighted by molar-refractivity contribution is 5.88. The van der Waals surface area contributed by atoms with Crippen LogP contribution in [0.15, 0.2) is 18.2 Å². The number of nitrogens with zero attached hydrogens (tertiary/aromatic N) is 1. The standard InChI is InChI=1S/C18H23NO3/c1-17(2)14(18(17,3)4)15(20)19-8-7-11-5-6-12(16(21)22)9-13(11)10-19/h5-6,9,14H,7-8,10H2,1-4H3,(H,21,22). The van der Waals surface area contributed by atoms with Crippen LogP contribution in [0.1, 0.15) is 49.2 Å². The predicted octanol–water partition coefficient (Wildman–Crippen LogP) is 2.95. The molecule has 0 unspecified atom stereocenters. The monoisotopic (exact) mass is 301 g/mol. The Labute approximate surface area is 131 Å². The van der Waals surface area contributed by atoms with Crippen LogP contribution in [0.4, 0.5) is 0 Å². The van der Waals surface area contributed by atoms with Gasteiger partial charge in [0.1, 0.15) is 0 Å². The molecule has 1 saturated carbocycles. The van der Waals surface area contributed by atoms with E-state index in [1.54, 1.807) is 12.1 Å². The molecule has 0 aromatic heterocycles. The predicted molar refractivity (Wildman–Crippen MR) is 83.6 cm³/mol. The summed E-state index contributed by atoms with van der Waals surface area (Å²) < 4.78 is 0. The van der Waals surface area contributed by atoms with Crippen LogP contribution in [-0.2, 0) is 17.8 Å². The van der Waals surface area contributed by atoms with Gasteiger partial charge < -0.3 is 10.0 Å². The Morgan fingerprint density at radius 2 is 1.77 bits per heavy atom. The molecule has 1 aliphatic heterocycles. The lowest BCUT2D eigenvalue weighted by Crippen LogP contribution is -2.38. The zero-order valence-corrected chi connectivity index (χ0v) is 13.6. The van der Waals surface area contributed by atoms with Crippen LogP contribution in [0.2, 0.25) is 0 Å². The van der Waals surface area contributed by atoms with Gasteiger partial charge in [-0.05, 0) is 40.5 Å².